The molecule has 226 valence electrons. The largest absolute Gasteiger partial charge is 0.456 e. The van der Waals surface area contributed by atoms with Crippen LogP contribution >= 0.6 is 0 Å². The van der Waals surface area contributed by atoms with Crippen molar-refractivity contribution in [2.24, 2.45) is 0 Å². The molecular weight excluding hydrogens is 593 g/mol. The predicted octanol–water partition coefficient (Wildman–Crippen LogP) is 13.8. The van der Waals surface area contributed by atoms with Gasteiger partial charge in [-0.1, -0.05) is 146 Å². The number of hydrogen-bond acceptors (Lipinski definition) is 1. The monoisotopic (exact) mass is 620 g/mol. The van der Waals surface area contributed by atoms with Crippen LogP contribution in [0.3, 0.4) is 0 Å². The Hall–Kier alpha value is -6.44. The summed E-state index contributed by atoms with van der Waals surface area (Å²) in [4.78, 5) is 0. The minimum Gasteiger partial charge on any atom is -0.456 e. The van der Waals surface area contributed by atoms with E-state index in [2.05, 4.69) is 170 Å². The Labute approximate surface area is 282 Å². The maximum absolute atomic E-state index is 6.61. The van der Waals surface area contributed by atoms with Crippen LogP contribution in [-0.2, 0) is 0 Å². The predicted molar refractivity (Wildman–Crippen MR) is 210 cm³/mol. The van der Waals surface area contributed by atoms with Crippen molar-refractivity contribution < 1.29 is 4.42 Å². The van der Waals surface area contributed by atoms with Crippen molar-refractivity contribution in [2.45, 2.75) is 0 Å². The average Bonchev–Trinajstić information content (AvgIpc) is 3.53. The molecule has 0 atom stereocenters. The summed E-state index contributed by atoms with van der Waals surface area (Å²) in [6, 6.07) is 62.0. The molecule has 10 aromatic carbocycles. The van der Waals surface area contributed by atoms with Gasteiger partial charge in [0.1, 0.15) is 11.2 Å². The first-order chi connectivity index (χ1) is 24.3. The molecule has 49 heavy (non-hydrogen) atoms. The summed E-state index contributed by atoms with van der Waals surface area (Å²) >= 11 is 0. The molecular formula is C48H28O. The van der Waals surface area contributed by atoms with Gasteiger partial charge in [0.25, 0.3) is 0 Å². The van der Waals surface area contributed by atoms with Crippen molar-refractivity contribution in [1.29, 1.82) is 0 Å². The summed E-state index contributed by atoms with van der Waals surface area (Å²) < 4.78 is 6.61. The quantitative estimate of drug-likeness (QED) is 0.138. The van der Waals surface area contributed by atoms with Gasteiger partial charge in [-0.25, -0.2) is 0 Å². The number of fused-ring (bicyclic) bond motifs is 12. The Bertz CT molecular complexity index is 3100. The van der Waals surface area contributed by atoms with E-state index in [0.29, 0.717) is 0 Å². The van der Waals surface area contributed by atoms with Crippen molar-refractivity contribution in [2.75, 3.05) is 0 Å². The standard InChI is InChI=1S/C48H28O/c1-2-14-31-29(12-1)13-11-23-36(31)48-39-21-9-7-19-37(39)47(38-20-8-10-22-40(38)48)30-24-25-45-43(26-30)44-27-41-34-17-5-3-15-32(34)33-16-4-6-18-35(33)42(41)28-46(44)49-45/h1-28H. The van der Waals surface area contributed by atoms with Gasteiger partial charge in [0.15, 0.2) is 0 Å². The summed E-state index contributed by atoms with van der Waals surface area (Å²) in [5.74, 6) is 0. The van der Waals surface area contributed by atoms with Gasteiger partial charge in [0.2, 0.25) is 0 Å². The highest BCUT2D eigenvalue weighted by Gasteiger charge is 2.19. The molecule has 0 fully saturated rings. The fraction of sp³-hybridized carbons (Fsp3) is 0. The van der Waals surface area contributed by atoms with Crippen LogP contribution in [0, 0.1) is 0 Å². The van der Waals surface area contributed by atoms with Crippen molar-refractivity contribution in [1.82, 2.24) is 0 Å². The van der Waals surface area contributed by atoms with E-state index in [4.69, 9.17) is 4.42 Å². The SMILES string of the molecule is c1ccc2c(-c3c4ccccc4c(-c4ccc5oc6cc7c8ccccc8c8ccccc8c7cc6c5c4)c4ccccc34)cccc2c1. The topological polar surface area (TPSA) is 13.1 Å². The molecule has 1 heteroatoms. The second-order valence-corrected chi connectivity index (χ2v) is 13.2. The first-order valence-corrected chi connectivity index (χ1v) is 16.9. The van der Waals surface area contributed by atoms with Crippen molar-refractivity contribution >= 4 is 86.6 Å². The third kappa shape index (κ3) is 3.76. The Morgan fingerprint density at radius 2 is 0.735 bits per heavy atom. The molecule has 1 aromatic heterocycles. The average molecular weight is 621 g/mol. The van der Waals surface area contributed by atoms with Crippen molar-refractivity contribution in [3.63, 3.8) is 0 Å². The number of benzene rings is 10. The van der Waals surface area contributed by atoms with E-state index in [-0.39, 0.29) is 0 Å². The van der Waals surface area contributed by atoms with Crippen LogP contribution in [0.2, 0.25) is 0 Å². The minimum atomic E-state index is 0.906. The van der Waals surface area contributed by atoms with Crippen LogP contribution in [0.1, 0.15) is 0 Å². The third-order valence-corrected chi connectivity index (χ3v) is 10.6. The zero-order valence-corrected chi connectivity index (χ0v) is 26.6. The molecule has 0 N–H and O–H groups in total. The van der Waals surface area contributed by atoms with Crippen LogP contribution in [0.5, 0.6) is 0 Å². The molecule has 0 aliphatic heterocycles. The lowest BCUT2D eigenvalue weighted by Gasteiger charge is -2.18. The summed E-state index contributed by atoms with van der Waals surface area (Å²) in [6.45, 7) is 0. The van der Waals surface area contributed by atoms with Gasteiger partial charge < -0.3 is 4.42 Å². The van der Waals surface area contributed by atoms with E-state index in [9.17, 15) is 0 Å². The molecule has 0 amide bonds. The molecule has 0 aliphatic carbocycles. The van der Waals surface area contributed by atoms with Crippen LogP contribution in [-0.4, -0.2) is 0 Å². The van der Waals surface area contributed by atoms with Crippen LogP contribution in [0.25, 0.3) is 109 Å². The van der Waals surface area contributed by atoms with Crippen LogP contribution < -0.4 is 0 Å². The Balaban J connectivity index is 1.22. The van der Waals surface area contributed by atoms with E-state index in [1.54, 1.807) is 0 Å². The zero-order valence-electron chi connectivity index (χ0n) is 26.6. The summed E-state index contributed by atoms with van der Waals surface area (Å²) in [5, 5.41) is 17.4. The lowest BCUT2D eigenvalue weighted by molar-refractivity contribution is 0.669. The summed E-state index contributed by atoms with van der Waals surface area (Å²) in [5.41, 5.74) is 6.82. The molecule has 0 unspecified atom stereocenters. The lowest BCUT2D eigenvalue weighted by atomic mass is 9.84. The maximum atomic E-state index is 6.61. The smallest absolute Gasteiger partial charge is 0.136 e. The van der Waals surface area contributed by atoms with E-state index in [0.717, 1.165) is 21.9 Å². The second-order valence-electron chi connectivity index (χ2n) is 13.2. The van der Waals surface area contributed by atoms with E-state index in [1.807, 2.05) is 0 Å². The van der Waals surface area contributed by atoms with Gasteiger partial charge in [-0.2, -0.15) is 0 Å². The van der Waals surface area contributed by atoms with E-state index in [1.165, 1.54) is 86.9 Å². The molecule has 0 aliphatic rings. The molecule has 0 bridgehead atoms. The number of hydrogen-bond donors (Lipinski definition) is 0. The molecule has 0 spiro atoms. The lowest BCUT2D eigenvalue weighted by Crippen LogP contribution is -1.91. The Morgan fingerprint density at radius 3 is 1.37 bits per heavy atom. The second kappa shape index (κ2) is 10.0. The van der Waals surface area contributed by atoms with Gasteiger partial charge >= 0.3 is 0 Å². The third-order valence-electron chi connectivity index (χ3n) is 10.6. The van der Waals surface area contributed by atoms with E-state index >= 15 is 0 Å². The number of furan rings is 1. The van der Waals surface area contributed by atoms with Gasteiger partial charge in [0, 0.05) is 10.8 Å². The first kappa shape index (κ1) is 26.6. The normalized spacial score (nSPS) is 12.1. The van der Waals surface area contributed by atoms with Gasteiger partial charge in [-0.3, -0.25) is 0 Å². The Morgan fingerprint density at radius 1 is 0.265 bits per heavy atom. The highest BCUT2D eigenvalue weighted by Crippen LogP contribution is 2.47. The number of rotatable bonds is 2. The van der Waals surface area contributed by atoms with Crippen LogP contribution in [0.4, 0.5) is 0 Å². The van der Waals surface area contributed by atoms with Crippen LogP contribution in [0.15, 0.2) is 174 Å². The van der Waals surface area contributed by atoms with Gasteiger partial charge in [-0.15, -0.1) is 0 Å². The highest BCUT2D eigenvalue weighted by molar-refractivity contribution is 6.29. The maximum Gasteiger partial charge on any atom is 0.136 e. The summed E-state index contributed by atoms with van der Waals surface area (Å²) in [6.07, 6.45) is 0. The van der Waals surface area contributed by atoms with Crippen molar-refractivity contribution in [3.8, 4) is 22.3 Å². The van der Waals surface area contributed by atoms with Crippen molar-refractivity contribution in [3.05, 3.63) is 170 Å². The fourth-order valence-electron chi connectivity index (χ4n) is 8.50. The molecule has 0 saturated carbocycles. The van der Waals surface area contributed by atoms with E-state index < -0.39 is 0 Å². The molecule has 11 rings (SSSR count). The zero-order chi connectivity index (χ0) is 32.1. The first-order valence-electron chi connectivity index (χ1n) is 16.9. The molecule has 0 radical (unpaired) electrons. The fourth-order valence-corrected chi connectivity index (χ4v) is 8.50. The highest BCUT2D eigenvalue weighted by atomic mass is 16.3. The molecule has 1 nitrogen and oxygen atoms in total. The molecule has 1 heterocycles. The van der Waals surface area contributed by atoms with Gasteiger partial charge in [0.05, 0.1) is 0 Å². The minimum absolute atomic E-state index is 0.906. The summed E-state index contributed by atoms with van der Waals surface area (Å²) in [7, 11) is 0. The van der Waals surface area contributed by atoms with Gasteiger partial charge in [-0.05, 0) is 111 Å². The molecule has 11 aromatic rings. The Kier molecular flexibility index (Phi) is 5.45. The molecule has 0 saturated heterocycles.